The van der Waals surface area contributed by atoms with E-state index in [0.29, 0.717) is 5.69 Å². The van der Waals surface area contributed by atoms with E-state index >= 15 is 0 Å². The number of thiophene rings is 1. The van der Waals surface area contributed by atoms with Gasteiger partial charge in [0.05, 0.1) is 52.2 Å². The molecule has 0 saturated carbocycles. The molecular weight excluding hydrogens is 709 g/mol. The lowest BCUT2D eigenvalue weighted by molar-refractivity contribution is 1.18. The third-order valence-corrected chi connectivity index (χ3v) is 11.0. The van der Waals surface area contributed by atoms with Gasteiger partial charge in [-0.15, -0.1) is 11.3 Å². The first-order valence-electron chi connectivity index (χ1n) is 28.7. The van der Waals surface area contributed by atoms with E-state index in [1.165, 1.54) is 15.2 Å². The predicted octanol–water partition coefficient (Wildman–Crippen LogP) is 15.2. The van der Waals surface area contributed by atoms with Crippen LogP contribution in [0.3, 0.4) is 0 Å². The van der Waals surface area contributed by atoms with Crippen molar-refractivity contribution in [2.45, 2.75) is 0 Å². The second kappa shape index (κ2) is 12.7. The van der Waals surface area contributed by atoms with E-state index in [4.69, 9.17) is 15.1 Å². The van der Waals surface area contributed by atoms with Gasteiger partial charge in [0.25, 0.3) is 0 Å². The summed E-state index contributed by atoms with van der Waals surface area (Å²) in [5.74, 6) is 0. The summed E-state index contributed by atoms with van der Waals surface area (Å²) < 4.78 is 204. The van der Waals surface area contributed by atoms with Crippen molar-refractivity contribution in [1.29, 1.82) is 0 Å². The van der Waals surface area contributed by atoms with E-state index in [-0.39, 0.29) is 69.5 Å². The Labute approximate surface area is 364 Å². The molecule has 3 aromatic heterocycles. The minimum absolute atomic E-state index is 0.0171. The van der Waals surface area contributed by atoms with Gasteiger partial charge in [0.2, 0.25) is 0 Å². The lowest BCUT2D eigenvalue weighted by Crippen LogP contribution is -1.94. The number of rotatable bonds is 5. The standard InChI is InChI=1S/C54H34N2S/c1-3-11-35(12-4-1)37-19-24-41(25-20-37)55-49-17-9-7-15-43(49)45-31-39(21-27-51(45)55)40-22-28-52-46(32-40)44-16-8-10-18-50(44)56(52)42-26-30-54-48(34-42)47-33-38(23-29-53(47)57-54)36-13-5-2-6-14-36/h1-34H/i5D,6D,7D,8D,9D,10D,13D,14D,15D,16D,17D,18D,21D,22D,23D,26D,27D,29D,30D,31D,32D,33D. The Hall–Kier alpha value is -7.20. The molecule has 0 fully saturated rings. The van der Waals surface area contributed by atoms with Gasteiger partial charge in [-0.1, -0.05) is 127 Å². The molecule has 3 heteroatoms. The minimum atomic E-state index is -0.733. The van der Waals surface area contributed by atoms with E-state index in [1.807, 2.05) is 30.3 Å². The minimum Gasteiger partial charge on any atom is -0.309 e. The SMILES string of the molecule is [2H]c1cc([2H])c([2H])c(-c2c([2H])c([2H])c3sc4c([2H])c([2H])c(-n5c6cc([2H])c(-c7c([2H])c([2H])c8c(c7[2H])c7c([2H])c([2H])c([2H])c([2H])c7n8-c7ccc(-c8ccccc8)cc7)c([2H])c6c6c([2H])c([2H])c([2H])c([2H])c65)cc4c3c2[2H])c1[2H]. The van der Waals surface area contributed by atoms with Crippen LogP contribution in [0, 0.1) is 0 Å². The van der Waals surface area contributed by atoms with Crippen LogP contribution in [-0.4, -0.2) is 9.13 Å². The summed E-state index contributed by atoms with van der Waals surface area (Å²) in [6.07, 6.45) is 0. The zero-order valence-electron chi connectivity index (χ0n) is 51.2. The fourth-order valence-corrected chi connectivity index (χ4v) is 8.35. The molecule has 0 aliphatic heterocycles. The van der Waals surface area contributed by atoms with Crippen molar-refractivity contribution in [2.24, 2.45) is 0 Å². The first-order chi connectivity index (χ1) is 37.4. The molecule has 0 unspecified atom stereocenters. The van der Waals surface area contributed by atoms with Crippen LogP contribution in [0.4, 0.5) is 0 Å². The molecule has 0 bridgehead atoms. The van der Waals surface area contributed by atoms with E-state index in [0.717, 1.165) is 34.6 Å². The molecule has 0 aliphatic rings. The van der Waals surface area contributed by atoms with Gasteiger partial charge in [-0.05, 0) is 112 Å². The highest BCUT2D eigenvalue weighted by molar-refractivity contribution is 7.25. The highest BCUT2D eigenvalue weighted by Crippen LogP contribution is 2.41. The zero-order chi connectivity index (χ0) is 56.6. The molecule has 0 saturated heterocycles. The van der Waals surface area contributed by atoms with Crippen molar-refractivity contribution in [3.05, 3.63) is 206 Å². The molecule has 266 valence electrons. The second-order valence-corrected chi connectivity index (χ2v) is 14.2. The van der Waals surface area contributed by atoms with Gasteiger partial charge in [-0.2, -0.15) is 0 Å². The van der Waals surface area contributed by atoms with Crippen LogP contribution < -0.4 is 0 Å². The first kappa shape index (κ1) is 17.3. The van der Waals surface area contributed by atoms with Crippen LogP contribution in [0.2, 0.25) is 0 Å². The molecule has 0 atom stereocenters. The summed E-state index contributed by atoms with van der Waals surface area (Å²) in [4.78, 5) is 0. The smallest absolute Gasteiger partial charge is 0.0645 e. The van der Waals surface area contributed by atoms with Crippen molar-refractivity contribution in [2.75, 3.05) is 0 Å². The largest absolute Gasteiger partial charge is 0.309 e. The van der Waals surface area contributed by atoms with Crippen LogP contribution in [0.15, 0.2) is 206 Å². The maximum absolute atomic E-state index is 9.98. The summed E-state index contributed by atoms with van der Waals surface area (Å²) in [7, 11) is 0. The molecule has 0 spiro atoms. The Morgan fingerprint density at radius 1 is 0.333 bits per heavy atom. The van der Waals surface area contributed by atoms with Crippen LogP contribution >= 0.6 is 11.3 Å². The van der Waals surface area contributed by atoms with Crippen molar-refractivity contribution < 1.29 is 30.2 Å². The normalized spacial score (nSPS) is 17.3. The monoisotopic (exact) mass is 764 g/mol. The summed E-state index contributed by atoms with van der Waals surface area (Å²) in [5, 5.41) is -0.931. The second-order valence-electron chi connectivity index (χ2n) is 13.2. The van der Waals surface area contributed by atoms with E-state index in [1.54, 1.807) is 24.3 Å². The van der Waals surface area contributed by atoms with Crippen molar-refractivity contribution >= 4 is 75.1 Å². The average molecular weight is 765 g/mol. The Morgan fingerprint density at radius 3 is 1.68 bits per heavy atom. The Kier molecular flexibility index (Phi) is 3.85. The van der Waals surface area contributed by atoms with Crippen molar-refractivity contribution in [3.8, 4) is 44.8 Å². The fraction of sp³-hybridized carbons (Fsp3) is 0. The predicted molar refractivity (Wildman–Crippen MR) is 244 cm³/mol. The summed E-state index contributed by atoms with van der Waals surface area (Å²) >= 11 is 0.823. The van der Waals surface area contributed by atoms with Crippen LogP contribution in [0.5, 0.6) is 0 Å². The van der Waals surface area contributed by atoms with Crippen molar-refractivity contribution in [1.82, 2.24) is 9.13 Å². The molecule has 57 heavy (non-hydrogen) atoms. The third-order valence-electron chi connectivity index (χ3n) is 9.99. The molecule has 0 N–H and O–H groups in total. The van der Waals surface area contributed by atoms with E-state index in [9.17, 15) is 15.1 Å². The van der Waals surface area contributed by atoms with Gasteiger partial charge < -0.3 is 9.13 Å². The highest BCUT2D eigenvalue weighted by Gasteiger charge is 2.17. The van der Waals surface area contributed by atoms with Crippen LogP contribution in [-0.2, 0) is 0 Å². The molecule has 2 nitrogen and oxygen atoms in total. The number of hydrogen-bond donors (Lipinski definition) is 0. The number of benzene rings is 9. The molecule has 0 radical (unpaired) electrons. The molecule has 12 rings (SSSR count). The Morgan fingerprint density at radius 2 is 0.912 bits per heavy atom. The summed E-state index contributed by atoms with van der Waals surface area (Å²) in [6.45, 7) is 0. The lowest BCUT2D eigenvalue weighted by atomic mass is 10.0. The Bertz CT molecular complexity index is 4770. The lowest BCUT2D eigenvalue weighted by Gasteiger charge is -2.10. The average Bonchev–Trinajstić information content (AvgIpc) is 2.95. The molecule has 9 aromatic carbocycles. The van der Waals surface area contributed by atoms with E-state index < -0.39 is 155 Å². The van der Waals surface area contributed by atoms with Gasteiger partial charge in [0, 0.05) is 53.1 Å². The first-order valence-corrected chi connectivity index (χ1v) is 18.5. The van der Waals surface area contributed by atoms with Gasteiger partial charge >= 0.3 is 0 Å². The molecule has 0 aliphatic carbocycles. The number of fused-ring (bicyclic) bond motifs is 9. The third kappa shape index (κ3) is 5.10. The number of hydrogen-bond acceptors (Lipinski definition) is 1. The summed E-state index contributed by atoms with van der Waals surface area (Å²) in [5.41, 5.74) is -0.668. The fourth-order valence-electron chi connectivity index (χ4n) is 7.41. The number of para-hydroxylation sites is 2. The zero-order valence-corrected chi connectivity index (χ0v) is 30.0. The Balaban J connectivity index is 1.17. The summed E-state index contributed by atoms with van der Waals surface area (Å²) in [6, 6.07) is 7.07. The van der Waals surface area contributed by atoms with E-state index in [2.05, 4.69) is 0 Å². The maximum Gasteiger partial charge on any atom is 0.0645 e. The quantitative estimate of drug-likeness (QED) is 0.165. The van der Waals surface area contributed by atoms with Crippen molar-refractivity contribution in [3.63, 3.8) is 0 Å². The number of nitrogens with zero attached hydrogens (tertiary/aromatic N) is 2. The molecule has 12 aromatic rings. The van der Waals surface area contributed by atoms with Gasteiger partial charge in [0.1, 0.15) is 0 Å². The molecular formula is C54H34N2S. The highest BCUT2D eigenvalue weighted by atomic mass is 32.1. The van der Waals surface area contributed by atoms with Gasteiger partial charge in [-0.25, -0.2) is 0 Å². The van der Waals surface area contributed by atoms with Crippen LogP contribution in [0.25, 0.3) is 109 Å². The van der Waals surface area contributed by atoms with Crippen LogP contribution in [0.1, 0.15) is 30.2 Å². The molecule has 0 amide bonds. The molecule has 3 heterocycles. The topological polar surface area (TPSA) is 9.86 Å². The number of aromatic nitrogens is 2. The van der Waals surface area contributed by atoms with Gasteiger partial charge in [-0.3, -0.25) is 0 Å². The maximum atomic E-state index is 9.98. The van der Waals surface area contributed by atoms with Gasteiger partial charge in [0.15, 0.2) is 0 Å².